The minimum atomic E-state index is 0.687. The molecule has 0 atom stereocenters. The Morgan fingerprint density at radius 3 is 2.83 bits per heavy atom. The Bertz CT molecular complexity index is 448. The van der Waals surface area contributed by atoms with Crippen molar-refractivity contribution in [1.82, 2.24) is 24.6 Å². The zero-order valence-corrected chi connectivity index (χ0v) is 11.5. The van der Waals surface area contributed by atoms with Gasteiger partial charge >= 0.3 is 0 Å². The first-order chi connectivity index (χ1) is 8.88. The van der Waals surface area contributed by atoms with Crippen molar-refractivity contribution in [2.75, 3.05) is 20.3 Å². The molecule has 0 spiro atoms. The number of ether oxygens (including phenoxy) is 1. The monoisotopic (exact) mass is 283 g/mol. The van der Waals surface area contributed by atoms with E-state index >= 15 is 0 Å². The predicted octanol–water partition coefficient (Wildman–Crippen LogP) is 1.22. The fourth-order valence-electron chi connectivity index (χ4n) is 1.18. The number of nitrogens with one attached hydrogen (secondary N) is 1. The zero-order valence-electron chi connectivity index (χ0n) is 9.87. The Hall–Kier alpha value is -1.09. The Morgan fingerprint density at radius 2 is 2.17 bits per heavy atom. The second kappa shape index (κ2) is 7.37. The van der Waals surface area contributed by atoms with Crippen LogP contribution in [-0.4, -0.2) is 39.6 Å². The van der Waals surface area contributed by atoms with Crippen LogP contribution in [0.15, 0.2) is 28.2 Å². The SMILES string of the molecule is COCCNCc1cnc(Sc2ncns2)nc1. The van der Waals surface area contributed by atoms with E-state index in [1.165, 1.54) is 29.6 Å². The number of methoxy groups -OCH3 is 1. The van der Waals surface area contributed by atoms with E-state index in [4.69, 9.17) is 4.74 Å². The molecular weight excluding hydrogens is 270 g/mol. The smallest absolute Gasteiger partial charge is 0.194 e. The highest BCUT2D eigenvalue weighted by atomic mass is 32.2. The Morgan fingerprint density at radius 1 is 1.33 bits per heavy atom. The molecule has 18 heavy (non-hydrogen) atoms. The van der Waals surface area contributed by atoms with Gasteiger partial charge < -0.3 is 10.1 Å². The quantitative estimate of drug-likeness (QED) is 0.605. The summed E-state index contributed by atoms with van der Waals surface area (Å²) < 4.78 is 9.72. The second-order valence-corrected chi connectivity index (χ2v) is 5.35. The highest BCUT2D eigenvalue weighted by Crippen LogP contribution is 2.24. The molecule has 0 bridgehead atoms. The zero-order chi connectivity index (χ0) is 12.6. The summed E-state index contributed by atoms with van der Waals surface area (Å²) in [5.74, 6) is 0. The van der Waals surface area contributed by atoms with Gasteiger partial charge in [-0.15, -0.1) is 0 Å². The largest absolute Gasteiger partial charge is 0.383 e. The van der Waals surface area contributed by atoms with Crippen LogP contribution < -0.4 is 5.32 Å². The number of aromatic nitrogens is 4. The third kappa shape index (κ3) is 4.30. The van der Waals surface area contributed by atoms with Crippen molar-refractivity contribution in [2.45, 2.75) is 16.0 Å². The van der Waals surface area contributed by atoms with Crippen LogP contribution in [0.5, 0.6) is 0 Å². The third-order valence-corrected chi connectivity index (χ3v) is 3.62. The van der Waals surface area contributed by atoms with Crippen LogP contribution in [0, 0.1) is 0 Å². The van der Waals surface area contributed by atoms with Crippen LogP contribution in [0.4, 0.5) is 0 Å². The average molecular weight is 283 g/mol. The topological polar surface area (TPSA) is 72.8 Å². The highest BCUT2D eigenvalue weighted by molar-refractivity contribution is 8.00. The van der Waals surface area contributed by atoms with E-state index < -0.39 is 0 Å². The summed E-state index contributed by atoms with van der Waals surface area (Å²) in [5.41, 5.74) is 1.05. The molecule has 0 saturated carbocycles. The maximum absolute atomic E-state index is 4.95. The number of hydrogen-bond donors (Lipinski definition) is 1. The van der Waals surface area contributed by atoms with Crippen molar-refractivity contribution >= 4 is 23.3 Å². The van der Waals surface area contributed by atoms with Crippen molar-refractivity contribution in [3.63, 3.8) is 0 Å². The molecule has 1 N–H and O–H groups in total. The lowest BCUT2D eigenvalue weighted by molar-refractivity contribution is 0.199. The molecule has 2 aromatic heterocycles. The van der Waals surface area contributed by atoms with E-state index in [0.29, 0.717) is 11.8 Å². The van der Waals surface area contributed by atoms with Gasteiger partial charge in [0.2, 0.25) is 0 Å². The lowest BCUT2D eigenvalue weighted by atomic mass is 10.3. The average Bonchev–Trinajstić information content (AvgIpc) is 2.89. The molecule has 0 unspecified atom stereocenters. The minimum absolute atomic E-state index is 0.687. The molecule has 0 aliphatic rings. The molecule has 0 radical (unpaired) electrons. The van der Waals surface area contributed by atoms with Crippen LogP contribution in [0.2, 0.25) is 0 Å². The van der Waals surface area contributed by atoms with Crippen molar-refractivity contribution in [1.29, 1.82) is 0 Å². The molecule has 0 amide bonds. The second-order valence-electron chi connectivity index (χ2n) is 3.35. The summed E-state index contributed by atoms with van der Waals surface area (Å²) in [7, 11) is 1.68. The number of hydrogen-bond acceptors (Lipinski definition) is 8. The fourth-order valence-corrected chi connectivity index (χ4v) is 2.43. The van der Waals surface area contributed by atoms with Gasteiger partial charge in [-0.2, -0.15) is 4.37 Å². The molecule has 0 saturated heterocycles. The normalized spacial score (nSPS) is 10.7. The number of nitrogens with zero attached hydrogens (tertiary/aromatic N) is 4. The Balaban J connectivity index is 1.82. The Labute approximate surface area is 113 Å². The van der Waals surface area contributed by atoms with Gasteiger partial charge in [0.25, 0.3) is 0 Å². The van der Waals surface area contributed by atoms with Crippen LogP contribution in [-0.2, 0) is 11.3 Å². The maximum atomic E-state index is 4.95. The molecule has 2 heterocycles. The molecule has 6 nitrogen and oxygen atoms in total. The fraction of sp³-hybridized carbons (Fsp3) is 0.400. The van der Waals surface area contributed by atoms with E-state index in [0.717, 1.165) is 23.0 Å². The van der Waals surface area contributed by atoms with Gasteiger partial charge in [-0.05, 0) is 23.3 Å². The van der Waals surface area contributed by atoms with Gasteiger partial charge in [-0.25, -0.2) is 15.0 Å². The molecule has 2 aromatic rings. The first-order valence-electron chi connectivity index (χ1n) is 5.33. The first kappa shape index (κ1) is 13.3. The van der Waals surface area contributed by atoms with Crippen molar-refractivity contribution in [3.05, 3.63) is 24.3 Å². The molecule has 0 aliphatic carbocycles. The van der Waals surface area contributed by atoms with E-state index in [1.807, 2.05) is 12.4 Å². The van der Waals surface area contributed by atoms with Gasteiger partial charge in [0.05, 0.1) is 6.61 Å². The van der Waals surface area contributed by atoms with Crippen molar-refractivity contribution in [3.8, 4) is 0 Å². The lowest BCUT2D eigenvalue weighted by Gasteiger charge is -2.03. The molecule has 96 valence electrons. The summed E-state index contributed by atoms with van der Waals surface area (Å²) in [6.07, 6.45) is 5.16. The summed E-state index contributed by atoms with van der Waals surface area (Å²) in [4.78, 5) is 12.6. The molecule has 0 aromatic carbocycles. The summed E-state index contributed by atoms with van der Waals surface area (Å²) in [5, 5.41) is 3.92. The first-order valence-corrected chi connectivity index (χ1v) is 6.92. The van der Waals surface area contributed by atoms with Crippen LogP contribution >= 0.6 is 23.3 Å². The molecule has 0 fully saturated rings. The van der Waals surface area contributed by atoms with Crippen LogP contribution in [0.25, 0.3) is 0 Å². The summed E-state index contributed by atoms with van der Waals surface area (Å²) >= 11 is 2.75. The van der Waals surface area contributed by atoms with Gasteiger partial charge in [0.1, 0.15) is 6.33 Å². The maximum Gasteiger partial charge on any atom is 0.194 e. The van der Waals surface area contributed by atoms with Gasteiger partial charge in [-0.3, -0.25) is 0 Å². The molecular formula is C10H13N5OS2. The van der Waals surface area contributed by atoms with E-state index in [9.17, 15) is 0 Å². The molecule has 2 rings (SSSR count). The molecule has 0 aliphatic heterocycles. The third-order valence-electron chi connectivity index (χ3n) is 2.01. The van der Waals surface area contributed by atoms with Crippen LogP contribution in [0.3, 0.4) is 0 Å². The summed E-state index contributed by atoms with van der Waals surface area (Å²) in [6.45, 7) is 2.26. The van der Waals surface area contributed by atoms with Crippen molar-refractivity contribution < 1.29 is 4.74 Å². The van der Waals surface area contributed by atoms with E-state index in [-0.39, 0.29) is 0 Å². The number of rotatable bonds is 7. The Kier molecular flexibility index (Phi) is 5.46. The van der Waals surface area contributed by atoms with E-state index in [1.54, 1.807) is 7.11 Å². The summed E-state index contributed by atoms with van der Waals surface area (Å²) in [6, 6.07) is 0. The lowest BCUT2D eigenvalue weighted by Crippen LogP contribution is -2.18. The standard InChI is InChI=1S/C10H13N5OS2/c1-16-3-2-11-4-8-5-12-9(13-6-8)17-10-14-7-15-18-10/h5-7,11H,2-4H2,1H3. The molecule has 8 heteroatoms. The van der Waals surface area contributed by atoms with E-state index in [2.05, 4.69) is 24.6 Å². The van der Waals surface area contributed by atoms with Gasteiger partial charge in [0.15, 0.2) is 9.50 Å². The van der Waals surface area contributed by atoms with Crippen molar-refractivity contribution in [2.24, 2.45) is 0 Å². The van der Waals surface area contributed by atoms with Crippen LogP contribution in [0.1, 0.15) is 5.56 Å². The predicted molar refractivity (Wildman–Crippen MR) is 69.6 cm³/mol. The highest BCUT2D eigenvalue weighted by Gasteiger charge is 2.03. The minimum Gasteiger partial charge on any atom is -0.383 e. The van der Waals surface area contributed by atoms with Gasteiger partial charge in [0, 0.05) is 38.2 Å². The van der Waals surface area contributed by atoms with Gasteiger partial charge in [-0.1, -0.05) is 0 Å².